The maximum absolute atomic E-state index is 11.8. The molecule has 1 N–H and O–H groups in total. The Morgan fingerprint density at radius 3 is 2.91 bits per heavy atom. The number of amides is 2. The number of hydrogen-bond donors (Lipinski definition) is 1. The lowest BCUT2D eigenvalue weighted by atomic mass is 10.1. The zero-order valence-corrected chi connectivity index (χ0v) is 12.8. The van der Waals surface area contributed by atoms with Gasteiger partial charge in [0.05, 0.1) is 6.61 Å². The summed E-state index contributed by atoms with van der Waals surface area (Å²) in [5.41, 5.74) is 0.986. The van der Waals surface area contributed by atoms with E-state index in [4.69, 9.17) is 4.74 Å². The van der Waals surface area contributed by atoms with Crippen molar-refractivity contribution in [2.45, 2.75) is 6.42 Å². The van der Waals surface area contributed by atoms with Gasteiger partial charge in [0.25, 0.3) is 0 Å². The molecule has 1 aliphatic heterocycles. The Kier molecular flexibility index (Phi) is 6.15. The van der Waals surface area contributed by atoms with Gasteiger partial charge in [0.15, 0.2) is 0 Å². The summed E-state index contributed by atoms with van der Waals surface area (Å²) in [7, 11) is 1.62. The molecule has 0 radical (unpaired) electrons. The summed E-state index contributed by atoms with van der Waals surface area (Å²) >= 11 is 0. The van der Waals surface area contributed by atoms with E-state index in [0.717, 1.165) is 5.56 Å². The molecule has 1 aromatic rings. The minimum Gasteiger partial charge on any atom is -0.383 e. The van der Waals surface area contributed by atoms with E-state index in [2.05, 4.69) is 5.32 Å². The molecule has 1 heterocycles. The number of benzene rings is 1. The van der Waals surface area contributed by atoms with E-state index in [0.29, 0.717) is 32.7 Å². The van der Waals surface area contributed by atoms with Crippen molar-refractivity contribution in [2.75, 3.05) is 33.4 Å². The van der Waals surface area contributed by atoms with Gasteiger partial charge in [-0.1, -0.05) is 30.3 Å². The SMILES string of the molecule is COCCN1CC(CNC(=O)/C=C/c2ccccc2)CC1=O. The van der Waals surface area contributed by atoms with Crippen LogP contribution in [0.15, 0.2) is 36.4 Å². The summed E-state index contributed by atoms with van der Waals surface area (Å²) in [5, 5.41) is 2.86. The van der Waals surface area contributed by atoms with Crippen molar-refractivity contribution in [2.24, 2.45) is 5.92 Å². The molecule has 22 heavy (non-hydrogen) atoms. The molecule has 0 saturated carbocycles. The van der Waals surface area contributed by atoms with Gasteiger partial charge < -0.3 is 15.0 Å². The van der Waals surface area contributed by atoms with Gasteiger partial charge in [-0.2, -0.15) is 0 Å². The summed E-state index contributed by atoms with van der Waals surface area (Å²) in [6, 6.07) is 9.66. The molecule has 2 amide bonds. The van der Waals surface area contributed by atoms with Gasteiger partial charge in [-0.3, -0.25) is 9.59 Å². The number of nitrogens with one attached hydrogen (secondary N) is 1. The molecule has 5 nitrogen and oxygen atoms in total. The van der Waals surface area contributed by atoms with Crippen LogP contribution in [0.5, 0.6) is 0 Å². The van der Waals surface area contributed by atoms with E-state index in [1.165, 1.54) is 6.08 Å². The highest BCUT2D eigenvalue weighted by atomic mass is 16.5. The normalized spacial score (nSPS) is 18.1. The van der Waals surface area contributed by atoms with Crippen molar-refractivity contribution in [1.82, 2.24) is 10.2 Å². The molecule has 5 heteroatoms. The van der Waals surface area contributed by atoms with Crippen LogP contribution >= 0.6 is 0 Å². The highest BCUT2D eigenvalue weighted by molar-refractivity contribution is 5.91. The van der Waals surface area contributed by atoms with Crippen molar-refractivity contribution < 1.29 is 14.3 Å². The molecule has 0 aromatic heterocycles. The Bertz CT molecular complexity index is 528. The molecule has 1 atom stereocenters. The number of ether oxygens (including phenoxy) is 1. The van der Waals surface area contributed by atoms with Crippen LogP contribution < -0.4 is 5.32 Å². The molecule has 1 unspecified atom stereocenters. The smallest absolute Gasteiger partial charge is 0.244 e. The maximum atomic E-state index is 11.8. The molecular weight excluding hydrogens is 280 g/mol. The molecule has 1 aliphatic rings. The Hall–Kier alpha value is -2.14. The molecule has 0 bridgehead atoms. The lowest BCUT2D eigenvalue weighted by molar-refractivity contribution is -0.128. The predicted octanol–water partition coefficient (Wildman–Crippen LogP) is 1.31. The van der Waals surface area contributed by atoms with Crippen molar-refractivity contribution in [3.8, 4) is 0 Å². The minimum atomic E-state index is -0.133. The Balaban J connectivity index is 1.73. The zero-order valence-electron chi connectivity index (χ0n) is 12.8. The molecule has 2 rings (SSSR count). The van der Waals surface area contributed by atoms with Crippen molar-refractivity contribution in [3.05, 3.63) is 42.0 Å². The first-order valence-corrected chi connectivity index (χ1v) is 7.46. The topological polar surface area (TPSA) is 58.6 Å². The number of hydrogen-bond acceptors (Lipinski definition) is 3. The number of likely N-dealkylation sites (tertiary alicyclic amines) is 1. The van der Waals surface area contributed by atoms with Gasteiger partial charge in [-0.15, -0.1) is 0 Å². The first-order valence-electron chi connectivity index (χ1n) is 7.46. The Morgan fingerprint density at radius 2 is 2.18 bits per heavy atom. The van der Waals surface area contributed by atoms with Crippen LogP contribution in [0.4, 0.5) is 0 Å². The van der Waals surface area contributed by atoms with Crippen LogP contribution in [0, 0.1) is 5.92 Å². The first-order chi connectivity index (χ1) is 10.7. The van der Waals surface area contributed by atoms with E-state index in [1.54, 1.807) is 18.1 Å². The number of carbonyl (C=O) groups excluding carboxylic acids is 2. The van der Waals surface area contributed by atoms with E-state index in [9.17, 15) is 9.59 Å². The molecule has 1 fully saturated rings. The second-order valence-corrected chi connectivity index (χ2v) is 5.39. The van der Waals surface area contributed by atoms with Gasteiger partial charge in [0.1, 0.15) is 0 Å². The molecular formula is C17H22N2O3. The van der Waals surface area contributed by atoms with Gasteiger partial charge in [-0.25, -0.2) is 0 Å². The largest absolute Gasteiger partial charge is 0.383 e. The lowest BCUT2D eigenvalue weighted by Crippen LogP contribution is -2.31. The van der Waals surface area contributed by atoms with Crippen LogP contribution in [0.3, 0.4) is 0 Å². The average Bonchev–Trinajstić information content (AvgIpc) is 2.90. The third kappa shape index (κ3) is 5.00. The first kappa shape index (κ1) is 16.2. The van der Waals surface area contributed by atoms with Gasteiger partial charge in [0, 0.05) is 45.2 Å². The van der Waals surface area contributed by atoms with Gasteiger partial charge >= 0.3 is 0 Å². The van der Waals surface area contributed by atoms with Crippen molar-refractivity contribution in [3.63, 3.8) is 0 Å². The molecule has 0 spiro atoms. The predicted molar refractivity (Wildman–Crippen MR) is 85.0 cm³/mol. The zero-order chi connectivity index (χ0) is 15.8. The monoisotopic (exact) mass is 302 g/mol. The fourth-order valence-electron chi connectivity index (χ4n) is 2.45. The van der Waals surface area contributed by atoms with Gasteiger partial charge in [0.2, 0.25) is 11.8 Å². The number of nitrogens with zero attached hydrogens (tertiary/aromatic N) is 1. The van der Waals surface area contributed by atoms with E-state index in [1.807, 2.05) is 30.3 Å². The lowest BCUT2D eigenvalue weighted by Gasteiger charge is -2.15. The van der Waals surface area contributed by atoms with Crippen LogP contribution in [0.1, 0.15) is 12.0 Å². The quantitative estimate of drug-likeness (QED) is 0.773. The maximum Gasteiger partial charge on any atom is 0.244 e. The van der Waals surface area contributed by atoms with Crippen molar-refractivity contribution in [1.29, 1.82) is 0 Å². The van der Waals surface area contributed by atoms with Crippen LogP contribution in [0.25, 0.3) is 6.08 Å². The number of methoxy groups -OCH3 is 1. The highest BCUT2D eigenvalue weighted by Crippen LogP contribution is 2.16. The summed E-state index contributed by atoms with van der Waals surface area (Å²) in [6.07, 6.45) is 3.79. The van der Waals surface area contributed by atoms with E-state index >= 15 is 0 Å². The summed E-state index contributed by atoms with van der Waals surface area (Å²) in [6.45, 7) is 2.37. The highest BCUT2D eigenvalue weighted by Gasteiger charge is 2.28. The van der Waals surface area contributed by atoms with Crippen LogP contribution in [-0.2, 0) is 14.3 Å². The molecule has 1 saturated heterocycles. The second kappa shape index (κ2) is 8.34. The summed E-state index contributed by atoms with van der Waals surface area (Å²) < 4.78 is 4.99. The standard InChI is InChI=1S/C17H22N2O3/c1-22-10-9-19-13-15(11-17(19)21)12-18-16(20)8-7-14-5-3-2-4-6-14/h2-8,15H,9-13H2,1H3,(H,18,20)/b8-7+. The minimum absolute atomic E-state index is 0.133. The fourth-order valence-corrected chi connectivity index (χ4v) is 2.45. The number of carbonyl (C=O) groups is 2. The van der Waals surface area contributed by atoms with Crippen molar-refractivity contribution >= 4 is 17.9 Å². The molecule has 118 valence electrons. The third-order valence-electron chi connectivity index (χ3n) is 3.65. The van der Waals surface area contributed by atoms with E-state index in [-0.39, 0.29) is 17.7 Å². The van der Waals surface area contributed by atoms with Crippen LogP contribution in [0.2, 0.25) is 0 Å². The molecule has 1 aromatic carbocycles. The summed E-state index contributed by atoms with van der Waals surface area (Å²) in [4.78, 5) is 25.4. The molecule has 0 aliphatic carbocycles. The van der Waals surface area contributed by atoms with Gasteiger partial charge in [-0.05, 0) is 11.6 Å². The summed E-state index contributed by atoms with van der Waals surface area (Å²) in [5.74, 6) is 0.182. The average molecular weight is 302 g/mol. The number of rotatable bonds is 7. The van der Waals surface area contributed by atoms with E-state index < -0.39 is 0 Å². The second-order valence-electron chi connectivity index (χ2n) is 5.39. The van der Waals surface area contributed by atoms with Crippen LogP contribution in [-0.4, -0.2) is 50.1 Å². The fraction of sp³-hybridized carbons (Fsp3) is 0.412. The Morgan fingerprint density at radius 1 is 1.41 bits per heavy atom. The Labute approximate surface area is 130 Å². The third-order valence-corrected chi connectivity index (χ3v) is 3.65.